The van der Waals surface area contributed by atoms with Crippen LogP contribution in [-0.4, -0.2) is 44.5 Å². The minimum atomic E-state index is 0.209. The summed E-state index contributed by atoms with van der Waals surface area (Å²) < 4.78 is 10.9. The Hall–Kier alpha value is -0.490. The van der Waals surface area contributed by atoms with E-state index in [-0.39, 0.29) is 5.41 Å². The van der Waals surface area contributed by atoms with Crippen molar-refractivity contribution in [3.05, 3.63) is 16.6 Å². The molecular weight excluding hydrogens is 248 g/mol. The summed E-state index contributed by atoms with van der Waals surface area (Å²) in [5.41, 5.74) is 2.11. The molecule has 1 N–H and O–H groups in total. The van der Waals surface area contributed by atoms with Crippen molar-refractivity contribution in [1.82, 2.24) is 10.3 Å². The summed E-state index contributed by atoms with van der Waals surface area (Å²) in [6.45, 7) is 5.69. The third-order valence-corrected chi connectivity index (χ3v) is 4.58. The second kappa shape index (κ2) is 6.61. The monoisotopic (exact) mass is 270 g/mol. The maximum Gasteiger partial charge on any atom is 0.0794 e. The van der Waals surface area contributed by atoms with E-state index in [0.717, 1.165) is 39.1 Å². The van der Waals surface area contributed by atoms with Gasteiger partial charge < -0.3 is 14.8 Å². The number of methoxy groups -OCH3 is 1. The van der Waals surface area contributed by atoms with Crippen molar-refractivity contribution >= 4 is 11.3 Å². The van der Waals surface area contributed by atoms with E-state index in [2.05, 4.69) is 17.2 Å². The minimum absolute atomic E-state index is 0.209. The molecule has 1 aromatic rings. The van der Waals surface area contributed by atoms with Gasteiger partial charge in [-0.2, -0.15) is 0 Å². The second-order valence-corrected chi connectivity index (χ2v) is 5.91. The number of aromatic nitrogens is 1. The summed E-state index contributed by atoms with van der Waals surface area (Å²) in [6, 6.07) is 0. The normalized spacial score (nSPS) is 27.8. The molecule has 0 radical (unpaired) electrons. The van der Waals surface area contributed by atoms with Crippen LogP contribution in [-0.2, 0) is 15.9 Å². The molecule has 4 nitrogen and oxygen atoms in total. The van der Waals surface area contributed by atoms with Crippen molar-refractivity contribution in [1.29, 1.82) is 0 Å². The third kappa shape index (κ3) is 3.29. The zero-order valence-corrected chi connectivity index (χ0v) is 12.0. The van der Waals surface area contributed by atoms with E-state index in [1.54, 1.807) is 18.4 Å². The summed E-state index contributed by atoms with van der Waals surface area (Å²) in [6.07, 6.45) is 4.45. The fourth-order valence-corrected chi connectivity index (χ4v) is 3.28. The van der Waals surface area contributed by atoms with E-state index in [1.807, 2.05) is 11.7 Å². The Labute approximate surface area is 113 Å². The number of nitrogens with one attached hydrogen (secondary N) is 1. The summed E-state index contributed by atoms with van der Waals surface area (Å²) in [4.78, 5) is 5.52. The fourth-order valence-electron chi connectivity index (χ4n) is 2.53. The van der Waals surface area contributed by atoms with Crippen LogP contribution in [0.2, 0.25) is 0 Å². The van der Waals surface area contributed by atoms with Crippen molar-refractivity contribution in [2.45, 2.75) is 25.9 Å². The highest BCUT2D eigenvalue weighted by molar-refractivity contribution is 7.09. The molecule has 1 aliphatic heterocycles. The number of thiazole rings is 1. The Bertz CT molecular complexity index is 345. The smallest absolute Gasteiger partial charge is 0.0794 e. The summed E-state index contributed by atoms with van der Waals surface area (Å²) >= 11 is 1.73. The average Bonchev–Trinajstić information content (AvgIpc) is 2.97. The Morgan fingerprint density at radius 1 is 1.67 bits per heavy atom. The molecule has 102 valence electrons. The third-order valence-electron chi connectivity index (χ3n) is 3.80. The van der Waals surface area contributed by atoms with Crippen LogP contribution in [0, 0.1) is 5.41 Å². The highest BCUT2D eigenvalue weighted by Crippen LogP contribution is 2.38. The summed E-state index contributed by atoms with van der Waals surface area (Å²) in [5.74, 6) is 0. The Balaban J connectivity index is 1.95. The first-order chi connectivity index (χ1) is 8.77. The molecular formula is C13H22N2O2S. The maximum atomic E-state index is 5.79. The van der Waals surface area contributed by atoms with Gasteiger partial charge in [-0.05, 0) is 19.8 Å². The van der Waals surface area contributed by atoms with Gasteiger partial charge >= 0.3 is 0 Å². The summed E-state index contributed by atoms with van der Waals surface area (Å²) in [7, 11) is 1.73. The van der Waals surface area contributed by atoms with Gasteiger partial charge in [0.2, 0.25) is 0 Å². The molecule has 5 heteroatoms. The van der Waals surface area contributed by atoms with E-state index in [9.17, 15) is 0 Å². The Kier molecular flexibility index (Phi) is 5.12. The molecule has 1 fully saturated rings. The van der Waals surface area contributed by atoms with Gasteiger partial charge in [-0.1, -0.05) is 0 Å². The van der Waals surface area contributed by atoms with Crippen LogP contribution in [0.1, 0.15) is 18.2 Å². The van der Waals surface area contributed by atoms with Crippen LogP contribution in [0.5, 0.6) is 0 Å². The first kappa shape index (κ1) is 13.9. The van der Waals surface area contributed by atoms with Crippen molar-refractivity contribution in [3.8, 4) is 0 Å². The number of rotatable bonds is 7. The van der Waals surface area contributed by atoms with E-state index in [1.165, 1.54) is 4.88 Å². The molecule has 0 saturated carbocycles. The topological polar surface area (TPSA) is 43.4 Å². The highest BCUT2D eigenvalue weighted by atomic mass is 32.1. The maximum absolute atomic E-state index is 5.79. The lowest BCUT2D eigenvalue weighted by atomic mass is 9.78. The predicted octanol–water partition coefficient (Wildman–Crippen LogP) is 1.72. The highest BCUT2D eigenvalue weighted by Gasteiger charge is 2.41. The van der Waals surface area contributed by atoms with E-state index in [4.69, 9.17) is 9.47 Å². The molecule has 0 spiro atoms. The van der Waals surface area contributed by atoms with Crippen LogP contribution in [0.25, 0.3) is 0 Å². The van der Waals surface area contributed by atoms with Gasteiger partial charge in [-0.15, -0.1) is 11.3 Å². The van der Waals surface area contributed by atoms with Gasteiger partial charge in [-0.25, -0.2) is 0 Å². The van der Waals surface area contributed by atoms with Gasteiger partial charge in [0.15, 0.2) is 0 Å². The minimum Gasteiger partial charge on any atom is -0.383 e. The number of hydrogen-bond donors (Lipinski definition) is 1. The molecule has 2 heterocycles. The average molecular weight is 270 g/mol. The molecule has 1 saturated heterocycles. The standard InChI is InChI=1S/C13H22N2O2S/c1-11-13(3-5-17-11,9-14-4-6-16-2)7-12-8-15-10-18-12/h8,10-11,14H,3-7,9H2,1-2H3. The van der Waals surface area contributed by atoms with Crippen molar-refractivity contribution in [2.24, 2.45) is 5.41 Å². The molecule has 2 atom stereocenters. The Morgan fingerprint density at radius 2 is 2.56 bits per heavy atom. The molecule has 1 aliphatic rings. The van der Waals surface area contributed by atoms with Gasteiger partial charge in [0, 0.05) is 43.3 Å². The molecule has 0 bridgehead atoms. The molecule has 2 unspecified atom stereocenters. The molecule has 0 aliphatic carbocycles. The fraction of sp³-hybridized carbons (Fsp3) is 0.769. The van der Waals surface area contributed by atoms with Gasteiger partial charge in [0.1, 0.15) is 0 Å². The zero-order chi connectivity index (χ0) is 12.8. The number of ether oxygens (including phenoxy) is 2. The first-order valence-electron chi connectivity index (χ1n) is 6.45. The number of nitrogens with zero attached hydrogens (tertiary/aromatic N) is 1. The zero-order valence-electron chi connectivity index (χ0n) is 11.1. The SMILES string of the molecule is COCCNCC1(Cc2cncs2)CCOC1C. The summed E-state index contributed by atoms with van der Waals surface area (Å²) in [5, 5.41) is 3.49. The lowest BCUT2D eigenvalue weighted by molar-refractivity contribution is 0.0623. The lowest BCUT2D eigenvalue weighted by Crippen LogP contribution is -2.42. The largest absolute Gasteiger partial charge is 0.383 e. The predicted molar refractivity (Wildman–Crippen MR) is 73.0 cm³/mol. The van der Waals surface area contributed by atoms with Gasteiger partial charge in [0.25, 0.3) is 0 Å². The van der Waals surface area contributed by atoms with Crippen LogP contribution in [0.4, 0.5) is 0 Å². The molecule has 0 aromatic carbocycles. The van der Waals surface area contributed by atoms with Crippen LogP contribution < -0.4 is 5.32 Å². The van der Waals surface area contributed by atoms with Crippen molar-refractivity contribution in [3.63, 3.8) is 0 Å². The van der Waals surface area contributed by atoms with E-state index >= 15 is 0 Å². The van der Waals surface area contributed by atoms with E-state index in [0.29, 0.717) is 6.10 Å². The van der Waals surface area contributed by atoms with Crippen molar-refractivity contribution < 1.29 is 9.47 Å². The molecule has 1 aromatic heterocycles. The van der Waals surface area contributed by atoms with Crippen molar-refractivity contribution in [2.75, 3.05) is 33.4 Å². The first-order valence-corrected chi connectivity index (χ1v) is 7.33. The lowest BCUT2D eigenvalue weighted by Gasteiger charge is -2.32. The Morgan fingerprint density at radius 3 is 3.17 bits per heavy atom. The molecule has 0 amide bonds. The van der Waals surface area contributed by atoms with Crippen LogP contribution in [0.15, 0.2) is 11.7 Å². The van der Waals surface area contributed by atoms with Crippen LogP contribution in [0.3, 0.4) is 0 Å². The number of hydrogen-bond acceptors (Lipinski definition) is 5. The van der Waals surface area contributed by atoms with E-state index < -0.39 is 0 Å². The second-order valence-electron chi connectivity index (χ2n) is 4.94. The van der Waals surface area contributed by atoms with Gasteiger partial charge in [-0.3, -0.25) is 4.98 Å². The van der Waals surface area contributed by atoms with Crippen LogP contribution >= 0.6 is 11.3 Å². The molecule has 18 heavy (non-hydrogen) atoms. The molecule has 2 rings (SSSR count). The van der Waals surface area contributed by atoms with Gasteiger partial charge in [0.05, 0.1) is 18.2 Å². The quantitative estimate of drug-likeness (QED) is 0.766.